The van der Waals surface area contributed by atoms with E-state index in [9.17, 15) is 9.59 Å². The van der Waals surface area contributed by atoms with Crippen LogP contribution in [-0.4, -0.2) is 24.5 Å². The van der Waals surface area contributed by atoms with Gasteiger partial charge >= 0.3 is 6.03 Å². The van der Waals surface area contributed by atoms with Crippen LogP contribution in [0.2, 0.25) is 5.02 Å². The zero-order valence-electron chi connectivity index (χ0n) is 14.2. The number of hydrogen-bond donors (Lipinski definition) is 2. The molecule has 1 saturated heterocycles. The smallest absolute Gasteiger partial charge is 0.319 e. The first-order valence-electron chi connectivity index (χ1n) is 8.13. The summed E-state index contributed by atoms with van der Waals surface area (Å²) < 4.78 is 0. The summed E-state index contributed by atoms with van der Waals surface area (Å²) in [6.07, 6.45) is 0.281. The van der Waals surface area contributed by atoms with E-state index in [0.29, 0.717) is 11.6 Å². The second kappa shape index (κ2) is 7.15. The Morgan fingerprint density at radius 3 is 2.56 bits per heavy atom. The minimum Gasteiger partial charge on any atom is -0.333 e. The summed E-state index contributed by atoms with van der Waals surface area (Å²) in [5.41, 5.74) is 3.69. The maximum atomic E-state index is 12.2. The molecule has 2 N–H and O–H groups in total. The van der Waals surface area contributed by atoms with E-state index in [1.165, 1.54) is 0 Å². The van der Waals surface area contributed by atoms with Crippen molar-refractivity contribution in [2.75, 3.05) is 16.8 Å². The Balaban J connectivity index is 1.61. The van der Waals surface area contributed by atoms with Gasteiger partial charge < -0.3 is 15.5 Å². The van der Waals surface area contributed by atoms with Gasteiger partial charge in [-0.3, -0.25) is 4.79 Å². The maximum Gasteiger partial charge on any atom is 0.319 e. The lowest BCUT2D eigenvalue weighted by Crippen LogP contribution is -2.39. The lowest BCUT2D eigenvalue weighted by molar-refractivity contribution is -0.117. The first-order chi connectivity index (χ1) is 11.9. The molecule has 25 heavy (non-hydrogen) atoms. The van der Waals surface area contributed by atoms with Crippen LogP contribution in [0.15, 0.2) is 42.5 Å². The molecule has 1 aliphatic heterocycles. The number of carbonyl (C=O) groups excluding carboxylic acids is 2. The van der Waals surface area contributed by atoms with Crippen LogP contribution in [0, 0.1) is 13.8 Å². The fourth-order valence-corrected chi connectivity index (χ4v) is 3.10. The third-order valence-corrected chi connectivity index (χ3v) is 4.48. The van der Waals surface area contributed by atoms with Gasteiger partial charge in [-0.05, 0) is 49.7 Å². The third-order valence-electron chi connectivity index (χ3n) is 4.23. The van der Waals surface area contributed by atoms with Crippen LogP contribution in [0.1, 0.15) is 17.5 Å². The van der Waals surface area contributed by atoms with Gasteiger partial charge in [0.15, 0.2) is 0 Å². The van der Waals surface area contributed by atoms with Crippen molar-refractivity contribution < 1.29 is 9.59 Å². The highest BCUT2D eigenvalue weighted by Gasteiger charge is 2.31. The van der Waals surface area contributed by atoms with Crippen LogP contribution >= 0.6 is 11.6 Å². The largest absolute Gasteiger partial charge is 0.333 e. The van der Waals surface area contributed by atoms with Crippen molar-refractivity contribution in [2.45, 2.75) is 26.3 Å². The lowest BCUT2D eigenvalue weighted by Gasteiger charge is -2.18. The van der Waals surface area contributed by atoms with Crippen LogP contribution in [0.4, 0.5) is 16.2 Å². The number of nitrogens with zero attached hydrogens (tertiary/aromatic N) is 1. The van der Waals surface area contributed by atoms with Gasteiger partial charge in [-0.25, -0.2) is 4.79 Å². The number of carbonyl (C=O) groups is 2. The molecule has 0 unspecified atom stereocenters. The standard InChI is InChI=1S/C19H20ClN3O2/c1-12-3-8-17(13(2)9-12)22-19(25)21-15-10-18(24)23(11-15)16-6-4-14(20)5-7-16/h3-9,15H,10-11H2,1-2H3,(H2,21,22,25)/t15-/m0/s1. The van der Waals surface area contributed by atoms with E-state index in [1.807, 2.05) is 32.0 Å². The van der Waals surface area contributed by atoms with Gasteiger partial charge in [-0.15, -0.1) is 0 Å². The van der Waals surface area contributed by atoms with Gasteiger partial charge in [0.2, 0.25) is 5.91 Å². The van der Waals surface area contributed by atoms with Crippen molar-refractivity contribution in [3.63, 3.8) is 0 Å². The Labute approximate surface area is 152 Å². The molecule has 1 atom stereocenters. The number of nitrogens with one attached hydrogen (secondary N) is 2. The van der Waals surface area contributed by atoms with E-state index in [4.69, 9.17) is 11.6 Å². The maximum absolute atomic E-state index is 12.2. The van der Waals surface area contributed by atoms with Gasteiger partial charge in [0.25, 0.3) is 0 Å². The molecule has 0 saturated carbocycles. The van der Waals surface area contributed by atoms with Crippen molar-refractivity contribution in [3.8, 4) is 0 Å². The molecule has 0 bridgehead atoms. The van der Waals surface area contributed by atoms with E-state index in [0.717, 1.165) is 22.5 Å². The summed E-state index contributed by atoms with van der Waals surface area (Å²) in [4.78, 5) is 26.1. The van der Waals surface area contributed by atoms with Gasteiger partial charge in [0.1, 0.15) is 0 Å². The summed E-state index contributed by atoms with van der Waals surface area (Å²) in [5, 5.41) is 6.34. The number of benzene rings is 2. The normalized spacial score (nSPS) is 16.8. The van der Waals surface area contributed by atoms with Crippen LogP contribution in [0.5, 0.6) is 0 Å². The summed E-state index contributed by atoms with van der Waals surface area (Å²) in [7, 11) is 0. The van der Waals surface area contributed by atoms with E-state index >= 15 is 0 Å². The van der Waals surface area contributed by atoms with E-state index in [-0.39, 0.29) is 24.4 Å². The minimum absolute atomic E-state index is 0.0147. The summed E-state index contributed by atoms with van der Waals surface area (Å²) in [6, 6.07) is 12.4. The molecule has 0 radical (unpaired) electrons. The molecule has 0 aliphatic carbocycles. The molecule has 1 aliphatic rings. The number of hydrogen-bond acceptors (Lipinski definition) is 2. The van der Waals surface area contributed by atoms with Crippen molar-refractivity contribution in [2.24, 2.45) is 0 Å². The number of anilines is 2. The summed E-state index contributed by atoms with van der Waals surface area (Å²) in [5.74, 6) is -0.0147. The zero-order chi connectivity index (χ0) is 18.0. The summed E-state index contributed by atoms with van der Waals surface area (Å²) >= 11 is 5.88. The molecule has 2 aromatic rings. The Bertz CT molecular complexity index is 805. The lowest BCUT2D eigenvalue weighted by atomic mass is 10.1. The molecule has 5 nitrogen and oxygen atoms in total. The second-order valence-corrected chi connectivity index (χ2v) is 6.74. The van der Waals surface area contributed by atoms with Crippen LogP contribution < -0.4 is 15.5 Å². The topological polar surface area (TPSA) is 61.4 Å². The SMILES string of the molecule is Cc1ccc(NC(=O)N[C@H]2CC(=O)N(c3ccc(Cl)cc3)C2)c(C)c1. The number of rotatable bonds is 3. The number of urea groups is 1. The predicted molar refractivity (Wildman–Crippen MR) is 100 cm³/mol. The highest BCUT2D eigenvalue weighted by molar-refractivity contribution is 6.30. The molecule has 1 fully saturated rings. The number of aryl methyl sites for hydroxylation is 2. The zero-order valence-corrected chi connectivity index (χ0v) is 14.9. The highest BCUT2D eigenvalue weighted by atomic mass is 35.5. The first-order valence-corrected chi connectivity index (χ1v) is 8.51. The molecule has 2 aromatic carbocycles. The Morgan fingerprint density at radius 2 is 1.88 bits per heavy atom. The second-order valence-electron chi connectivity index (χ2n) is 6.30. The van der Waals surface area contributed by atoms with Gasteiger partial charge in [0, 0.05) is 29.4 Å². The average Bonchev–Trinajstić information content (AvgIpc) is 2.91. The molecule has 130 valence electrons. The number of amides is 3. The minimum atomic E-state index is -0.303. The van der Waals surface area contributed by atoms with E-state index in [1.54, 1.807) is 29.2 Å². The fourth-order valence-electron chi connectivity index (χ4n) is 2.97. The predicted octanol–water partition coefficient (Wildman–Crippen LogP) is 3.88. The first kappa shape index (κ1) is 17.3. The van der Waals surface area contributed by atoms with Crippen molar-refractivity contribution >= 4 is 34.9 Å². The quantitative estimate of drug-likeness (QED) is 0.875. The molecule has 0 spiro atoms. The molecule has 6 heteroatoms. The van der Waals surface area contributed by atoms with Crippen molar-refractivity contribution in [1.82, 2.24) is 5.32 Å². The van der Waals surface area contributed by atoms with Crippen LogP contribution in [-0.2, 0) is 4.79 Å². The Hall–Kier alpha value is -2.53. The molecule has 3 rings (SSSR count). The molecule has 1 heterocycles. The monoisotopic (exact) mass is 357 g/mol. The van der Waals surface area contributed by atoms with Crippen LogP contribution in [0.25, 0.3) is 0 Å². The van der Waals surface area contributed by atoms with Crippen LogP contribution in [0.3, 0.4) is 0 Å². The molecular formula is C19H20ClN3O2. The fraction of sp³-hybridized carbons (Fsp3) is 0.263. The van der Waals surface area contributed by atoms with E-state index in [2.05, 4.69) is 10.6 Å². The Kier molecular flexibility index (Phi) is 4.95. The summed E-state index contributed by atoms with van der Waals surface area (Å²) in [6.45, 7) is 4.40. The molecule has 0 aromatic heterocycles. The van der Waals surface area contributed by atoms with Gasteiger partial charge in [0.05, 0.1) is 6.04 Å². The van der Waals surface area contributed by atoms with Gasteiger partial charge in [-0.1, -0.05) is 29.3 Å². The van der Waals surface area contributed by atoms with Crippen molar-refractivity contribution in [3.05, 3.63) is 58.6 Å². The third kappa shape index (κ3) is 4.12. The van der Waals surface area contributed by atoms with Gasteiger partial charge in [-0.2, -0.15) is 0 Å². The van der Waals surface area contributed by atoms with Crippen molar-refractivity contribution in [1.29, 1.82) is 0 Å². The average molecular weight is 358 g/mol. The van der Waals surface area contributed by atoms with E-state index < -0.39 is 0 Å². The Morgan fingerprint density at radius 1 is 1.16 bits per heavy atom. The molecular weight excluding hydrogens is 338 g/mol. The molecule has 3 amide bonds. The highest BCUT2D eigenvalue weighted by Crippen LogP contribution is 2.23. The number of halogens is 1.